The molecule has 96 valence electrons. The molecule has 0 saturated heterocycles. The van der Waals surface area contributed by atoms with Gasteiger partial charge >= 0.3 is 0 Å². The molecule has 0 fully saturated rings. The number of hydrogen-bond acceptors (Lipinski definition) is 3. The standard InChI is InChI=1S/C14H23NO2/c1-12(2)11-16-7-8-17-14-6-4-5-13(9-14)10-15-3/h4-6,9,12,15H,7-8,10-11H2,1-3H3. The zero-order valence-corrected chi connectivity index (χ0v) is 11.0. The molecule has 0 aliphatic carbocycles. The van der Waals surface area contributed by atoms with Crippen LogP contribution in [0, 0.1) is 5.92 Å². The maximum Gasteiger partial charge on any atom is 0.119 e. The summed E-state index contributed by atoms with van der Waals surface area (Å²) in [5.74, 6) is 1.49. The van der Waals surface area contributed by atoms with Gasteiger partial charge in [-0.1, -0.05) is 26.0 Å². The highest BCUT2D eigenvalue weighted by Gasteiger charge is 1.97. The first-order valence-corrected chi connectivity index (χ1v) is 6.16. The highest BCUT2D eigenvalue weighted by Crippen LogP contribution is 2.12. The Balaban J connectivity index is 2.24. The van der Waals surface area contributed by atoms with Gasteiger partial charge in [0.2, 0.25) is 0 Å². The second kappa shape index (κ2) is 8.09. The molecular weight excluding hydrogens is 214 g/mol. The molecule has 1 aromatic rings. The maximum absolute atomic E-state index is 5.62. The molecule has 1 N–H and O–H groups in total. The largest absolute Gasteiger partial charge is 0.491 e. The van der Waals surface area contributed by atoms with Gasteiger partial charge in [0.05, 0.1) is 6.61 Å². The quantitative estimate of drug-likeness (QED) is 0.704. The van der Waals surface area contributed by atoms with E-state index in [0.717, 1.165) is 18.9 Å². The fraction of sp³-hybridized carbons (Fsp3) is 0.571. The summed E-state index contributed by atoms with van der Waals surface area (Å²) in [5, 5.41) is 3.12. The van der Waals surface area contributed by atoms with E-state index < -0.39 is 0 Å². The first-order chi connectivity index (χ1) is 8.22. The van der Waals surface area contributed by atoms with Gasteiger partial charge < -0.3 is 14.8 Å². The van der Waals surface area contributed by atoms with Crippen LogP contribution in [0.5, 0.6) is 5.75 Å². The number of benzene rings is 1. The lowest BCUT2D eigenvalue weighted by Crippen LogP contribution is -2.10. The van der Waals surface area contributed by atoms with Crippen LogP contribution in [0.15, 0.2) is 24.3 Å². The summed E-state index contributed by atoms with van der Waals surface area (Å²) in [5.41, 5.74) is 1.23. The van der Waals surface area contributed by atoms with E-state index in [-0.39, 0.29) is 0 Å². The molecule has 0 unspecified atom stereocenters. The monoisotopic (exact) mass is 237 g/mol. The average molecular weight is 237 g/mol. The molecule has 0 heterocycles. The van der Waals surface area contributed by atoms with Crippen molar-refractivity contribution in [3.63, 3.8) is 0 Å². The molecule has 1 aromatic carbocycles. The molecule has 0 aromatic heterocycles. The van der Waals surface area contributed by atoms with E-state index in [4.69, 9.17) is 9.47 Å². The first kappa shape index (κ1) is 14.0. The highest BCUT2D eigenvalue weighted by atomic mass is 16.5. The van der Waals surface area contributed by atoms with Gasteiger partial charge in [0, 0.05) is 13.2 Å². The summed E-state index contributed by atoms with van der Waals surface area (Å²) in [4.78, 5) is 0. The zero-order chi connectivity index (χ0) is 12.5. The van der Waals surface area contributed by atoms with Gasteiger partial charge in [-0.3, -0.25) is 0 Å². The molecule has 0 bridgehead atoms. The first-order valence-electron chi connectivity index (χ1n) is 6.16. The Labute approximate surface area is 104 Å². The lowest BCUT2D eigenvalue weighted by molar-refractivity contribution is 0.0819. The van der Waals surface area contributed by atoms with E-state index in [1.165, 1.54) is 5.56 Å². The third kappa shape index (κ3) is 6.29. The van der Waals surface area contributed by atoms with Crippen molar-refractivity contribution in [2.24, 2.45) is 5.92 Å². The Bertz CT molecular complexity index is 313. The molecule has 0 atom stereocenters. The highest BCUT2D eigenvalue weighted by molar-refractivity contribution is 5.28. The molecule has 1 rings (SSSR count). The number of ether oxygens (including phenoxy) is 2. The summed E-state index contributed by atoms with van der Waals surface area (Å²) in [6.07, 6.45) is 0. The van der Waals surface area contributed by atoms with Gasteiger partial charge in [-0.15, -0.1) is 0 Å². The van der Waals surface area contributed by atoms with Crippen molar-refractivity contribution in [3.05, 3.63) is 29.8 Å². The topological polar surface area (TPSA) is 30.5 Å². The van der Waals surface area contributed by atoms with Crippen LogP contribution in [0.1, 0.15) is 19.4 Å². The summed E-state index contributed by atoms with van der Waals surface area (Å²) in [6.45, 7) is 7.19. The Morgan fingerprint density at radius 3 is 2.76 bits per heavy atom. The molecule has 0 aliphatic heterocycles. The Kier molecular flexibility index (Phi) is 6.67. The van der Waals surface area contributed by atoms with Crippen LogP contribution in [0.2, 0.25) is 0 Å². The fourth-order valence-corrected chi connectivity index (χ4v) is 1.49. The van der Waals surface area contributed by atoms with Crippen molar-refractivity contribution in [2.45, 2.75) is 20.4 Å². The van der Waals surface area contributed by atoms with Gasteiger partial charge in [-0.05, 0) is 30.7 Å². The van der Waals surface area contributed by atoms with Crippen LogP contribution >= 0.6 is 0 Å². The smallest absolute Gasteiger partial charge is 0.119 e. The van der Waals surface area contributed by atoms with Crippen molar-refractivity contribution in [1.82, 2.24) is 5.32 Å². The van der Waals surface area contributed by atoms with Crippen LogP contribution in [0.25, 0.3) is 0 Å². The van der Waals surface area contributed by atoms with Gasteiger partial charge in [0.25, 0.3) is 0 Å². The van der Waals surface area contributed by atoms with Crippen molar-refractivity contribution in [2.75, 3.05) is 26.9 Å². The van der Waals surface area contributed by atoms with Gasteiger partial charge in [0.15, 0.2) is 0 Å². The van der Waals surface area contributed by atoms with Crippen molar-refractivity contribution in [1.29, 1.82) is 0 Å². The summed E-state index contributed by atoms with van der Waals surface area (Å²) in [6, 6.07) is 8.12. The Morgan fingerprint density at radius 1 is 1.24 bits per heavy atom. The molecular formula is C14H23NO2. The van der Waals surface area contributed by atoms with E-state index >= 15 is 0 Å². The molecule has 0 saturated carbocycles. The molecule has 0 radical (unpaired) electrons. The molecule has 3 heteroatoms. The Hall–Kier alpha value is -1.06. The van der Waals surface area contributed by atoms with Crippen LogP contribution < -0.4 is 10.1 Å². The van der Waals surface area contributed by atoms with Gasteiger partial charge in [-0.2, -0.15) is 0 Å². The van der Waals surface area contributed by atoms with Crippen molar-refractivity contribution >= 4 is 0 Å². The maximum atomic E-state index is 5.62. The molecule has 17 heavy (non-hydrogen) atoms. The zero-order valence-electron chi connectivity index (χ0n) is 11.0. The molecule has 0 amide bonds. The van der Waals surface area contributed by atoms with Crippen LogP contribution in [0.3, 0.4) is 0 Å². The second-order valence-corrected chi connectivity index (χ2v) is 4.49. The van der Waals surface area contributed by atoms with Crippen LogP contribution in [-0.4, -0.2) is 26.9 Å². The summed E-state index contributed by atoms with van der Waals surface area (Å²) >= 11 is 0. The third-order valence-electron chi connectivity index (χ3n) is 2.23. The minimum atomic E-state index is 0.578. The Morgan fingerprint density at radius 2 is 2.06 bits per heavy atom. The lowest BCUT2D eigenvalue weighted by Gasteiger charge is -2.09. The van der Waals surface area contributed by atoms with E-state index in [0.29, 0.717) is 19.1 Å². The summed E-state index contributed by atoms with van der Waals surface area (Å²) in [7, 11) is 1.94. The summed E-state index contributed by atoms with van der Waals surface area (Å²) < 4.78 is 11.1. The van der Waals surface area contributed by atoms with E-state index in [1.807, 2.05) is 19.2 Å². The second-order valence-electron chi connectivity index (χ2n) is 4.49. The molecule has 3 nitrogen and oxygen atoms in total. The molecule has 0 spiro atoms. The van der Waals surface area contributed by atoms with Crippen molar-refractivity contribution in [3.8, 4) is 5.75 Å². The lowest BCUT2D eigenvalue weighted by atomic mass is 10.2. The predicted molar refractivity (Wildman–Crippen MR) is 70.4 cm³/mol. The van der Waals surface area contributed by atoms with E-state index in [2.05, 4.69) is 31.3 Å². The number of rotatable bonds is 8. The minimum Gasteiger partial charge on any atom is -0.491 e. The van der Waals surface area contributed by atoms with Crippen molar-refractivity contribution < 1.29 is 9.47 Å². The van der Waals surface area contributed by atoms with Crippen LogP contribution in [-0.2, 0) is 11.3 Å². The third-order valence-corrected chi connectivity index (χ3v) is 2.23. The van der Waals surface area contributed by atoms with Crippen LogP contribution in [0.4, 0.5) is 0 Å². The van der Waals surface area contributed by atoms with E-state index in [9.17, 15) is 0 Å². The van der Waals surface area contributed by atoms with Gasteiger partial charge in [-0.25, -0.2) is 0 Å². The number of nitrogens with one attached hydrogen (secondary N) is 1. The normalized spacial score (nSPS) is 10.8. The van der Waals surface area contributed by atoms with E-state index in [1.54, 1.807) is 0 Å². The number of hydrogen-bond donors (Lipinski definition) is 1. The minimum absolute atomic E-state index is 0.578. The fourth-order valence-electron chi connectivity index (χ4n) is 1.49. The molecule has 0 aliphatic rings. The predicted octanol–water partition coefficient (Wildman–Crippen LogP) is 2.46. The average Bonchev–Trinajstić information content (AvgIpc) is 2.29. The SMILES string of the molecule is CNCc1cccc(OCCOCC(C)C)c1. The van der Waals surface area contributed by atoms with Gasteiger partial charge in [0.1, 0.15) is 12.4 Å².